The Hall–Kier alpha value is -1.72. The van der Waals surface area contributed by atoms with Crippen molar-refractivity contribution in [2.45, 2.75) is 19.2 Å². The second-order valence-corrected chi connectivity index (χ2v) is 3.84. The normalized spacial score (nSPS) is 19.9. The van der Waals surface area contributed by atoms with Gasteiger partial charge in [0.15, 0.2) is 6.10 Å². The van der Waals surface area contributed by atoms with Gasteiger partial charge in [0.2, 0.25) is 0 Å². The minimum Gasteiger partial charge on any atom is -0.479 e. The van der Waals surface area contributed by atoms with E-state index in [4.69, 9.17) is 4.74 Å². The van der Waals surface area contributed by atoms with Crippen LogP contribution in [0, 0.1) is 0 Å². The number of carbonyl (C=O) groups is 1. The number of rotatable bonds is 0. The largest absolute Gasteiger partial charge is 0.479 e. The van der Waals surface area contributed by atoms with Gasteiger partial charge in [-0.15, -0.1) is 0 Å². The van der Waals surface area contributed by atoms with Crippen LogP contribution < -0.4 is 9.64 Å². The van der Waals surface area contributed by atoms with Crippen LogP contribution in [0.1, 0.15) is 12.5 Å². The molecule has 1 aromatic rings. The summed E-state index contributed by atoms with van der Waals surface area (Å²) >= 11 is 0. The van der Waals surface area contributed by atoms with Crippen molar-refractivity contribution >= 4 is 11.6 Å². The summed E-state index contributed by atoms with van der Waals surface area (Å²) in [5.41, 5.74) is -0.438. The zero-order valence-corrected chi connectivity index (χ0v) is 9.21. The van der Waals surface area contributed by atoms with Gasteiger partial charge in [0, 0.05) is 7.05 Å². The Morgan fingerprint density at radius 2 is 2.00 bits per heavy atom. The third kappa shape index (κ3) is 1.94. The number of halogens is 3. The van der Waals surface area contributed by atoms with Gasteiger partial charge in [-0.3, -0.25) is 4.79 Å². The van der Waals surface area contributed by atoms with Crippen molar-refractivity contribution in [2.24, 2.45) is 0 Å². The van der Waals surface area contributed by atoms with E-state index in [1.807, 2.05) is 0 Å². The van der Waals surface area contributed by atoms with Crippen molar-refractivity contribution < 1.29 is 22.7 Å². The molecule has 0 saturated carbocycles. The van der Waals surface area contributed by atoms with Gasteiger partial charge in [0.25, 0.3) is 5.91 Å². The van der Waals surface area contributed by atoms with Crippen LogP contribution in [0.2, 0.25) is 0 Å². The predicted octanol–water partition coefficient (Wildman–Crippen LogP) is 2.45. The van der Waals surface area contributed by atoms with Crippen LogP contribution in [0.4, 0.5) is 18.9 Å². The lowest BCUT2D eigenvalue weighted by Gasteiger charge is -2.30. The zero-order chi connectivity index (χ0) is 12.8. The number of anilines is 1. The maximum absolute atomic E-state index is 12.5. The molecule has 0 radical (unpaired) electrons. The molecule has 0 aliphatic carbocycles. The van der Waals surface area contributed by atoms with Crippen molar-refractivity contribution in [1.82, 2.24) is 0 Å². The van der Waals surface area contributed by atoms with Crippen LogP contribution in [0.25, 0.3) is 0 Å². The molecule has 2 rings (SSSR count). The summed E-state index contributed by atoms with van der Waals surface area (Å²) in [6.45, 7) is 1.50. The van der Waals surface area contributed by atoms with Crippen LogP contribution >= 0.6 is 0 Å². The number of carbonyl (C=O) groups excluding carboxylic acids is 1. The smallest absolute Gasteiger partial charge is 0.416 e. The summed E-state index contributed by atoms with van der Waals surface area (Å²) in [5.74, 6) is -0.202. The Morgan fingerprint density at radius 1 is 1.35 bits per heavy atom. The molecule has 0 fully saturated rings. The Morgan fingerprint density at radius 3 is 2.59 bits per heavy atom. The van der Waals surface area contributed by atoms with E-state index in [-0.39, 0.29) is 11.7 Å². The SMILES string of the molecule is CC1Oc2cc(C(F)(F)F)ccc2N(C)C1=O. The number of hydrogen-bond acceptors (Lipinski definition) is 2. The Balaban J connectivity index is 2.48. The molecule has 92 valence electrons. The third-order valence-corrected chi connectivity index (χ3v) is 2.63. The van der Waals surface area contributed by atoms with Gasteiger partial charge in [-0.25, -0.2) is 0 Å². The van der Waals surface area contributed by atoms with E-state index in [1.165, 1.54) is 24.9 Å². The summed E-state index contributed by atoms with van der Waals surface area (Å²) in [4.78, 5) is 12.8. The Bertz CT molecular complexity index is 470. The molecule has 1 aliphatic rings. The van der Waals surface area contributed by atoms with Gasteiger partial charge in [-0.1, -0.05) is 0 Å². The summed E-state index contributed by atoms with van der Waals surface area (Å²) in [6.07, 6.45) is -5.18. The van der Waals surface area contributed by atoms with Gasteiger partial charge in [-0.05, 0) is 25.1 Å². The van der Waals surface area contributed by atoms with Crippen molar-refractivity contribution in [3.8, 4) is 5.75 Å². The molecule has 1 atom stereocenters. The van der Waals surface area contributed by atoms with Crippen LogP contribution in [0.3, 0.4) is 0 Å². The van der Waals surface area contributed by atoms with Crippen molar-refractivity contribution in [2.75, 3.05) is 11.9 Å². The van der Waals surface area contributed by atoms with Gasteiger partial charge < -0.3 is 9.64 Å². The fourth-order valence-corrected chi connectivity index (χ4v) is 1.69. The molecule has 0 spiro atoms. The van der Waals surface area contributed by atoms with Crippen molar-refractivity contribution in [1.29, 1.82) is 0 Å². The number of fused-ring (bicyclic) bond motifs is 1. The molecule has 17 heavy (non-hydrogen) atoms. The fourth-order valence-electron chi connectivity index (χ4n) is 1.69. The third-order valence-electron chi connectivity index (χ3n) is 2.63. The summed E-state index contributed by atoms with van der Waals surface area (Å²) < 4.78 is 42.6. The van der Waals surface area contributed by atoms with Crippen molar-refractivity contribution in [3.63, 3.8) is 0 Å². The molecule has 1 unspecified atom stereocenters. The summed E-state index contributed by atoms with van der Waals surface area (Å²) in [6, 6.07) is 3.08. The van der Waals surface area contributed by atoms with Crippen LogP contribution in [0.5, 0.6) is 5.75 Å². The lowest BCUT2D eigenvalue weighted by Crippen LogP contribution is -2.42. The standard InChI is InChI=1S/C11H10F3NO2/c1-6-10(16)15(2)8-4-3-7(11(12,13)14)5-9(8)17-6/h3-6H,1-2H3. The van der Waals surface area contributed by atoms with E-state index in [2.05, 4.69) is 0 Å². The lowest BCUT2D eigenvalue weighted by atomic mass is 10.1. The number of amides is 1. The van der Waals surface area contributed by atoms with Gasteiger partial charge in [0.1, 0.15) is 5.75 Å². The minimum atomic E-state index is -4.42. The molecule has 1 amide bonds. The molecular formula is C11H10F3NO2. The number of likely N-dealkylation sites (N-methyl/N-ethyl adjacent to an activating group) is 1. The van der Waals surface area contributed by atoms with Crippen LogP contribution in [-0.4, -0.2) is 19.1 Å². The maximum atomic E-state index is 12.5. The zero-order valence-electron chi connectivity index (χ0n) is 9.21. The van der Waals surface area contributed by atoms with Crippen molar-refractivity contribution in [3.05, 3.63) is 23.8 Å². The molecule has 0 aromatic heterocycles. The highest BCUT2D eigenvalue weighted by atomic mass is 19.4. The first-order chi connectivity index (χ1) is 7.80. The average molecular weight is 245 g/mol. The monoisotopic (exact) mass is 245 g/mol. The molecule has 1 heterocycles. The molecule has 1 aromatic carbocycles. The Kier molecular flexibility index (Phi) is 2.52. The quantitative estimate of drug-likeness (QED) is 0.702. The van der Waals surface area contributed by atoms with E-state index < -0.39 is 17.8 Å². The lowest BCUT2D eigenvalue weighted by molar-refractivity contribution is -0.137. The van der Waals surface area contributed by atoms with Gasteiger partial charge in [0.05, 0.1) is 11.3 Å². The van der Waals surface area contributed by atoms with Crippen LogP contribution in [-0.2, 0) is 11.0 Å². The molecule has 6 heteroatoms. The van der Waals surface area contributed by atoms with E-state index in [0.29, 0.717) is 5.69 Å². The first-order valence-corrected chi connectivity index (χ1v) is 4.96. The maximum Gasteiger partial charge on any atom is 0.416 e. The summed E-state index contributed by atoms with van der Waals surface area (Å²) in [7, 11) is 1.51. The molecule has 0 N–H and O–H groups in total. The van der Waals surface area contributed by atoms with E-state index in [1.54, 1.807) is 0 Å². The van der Waals surface area contributed by atoms with E-state index in [9.17, 15) is 18.0 Å². The predicted molar refractivity (Wildman–Crippen MR) is 54.9 cm³/mol. The first kappa shape index (κ1) is 11.8. The molecule has 1 aliphatic heterocycles. The average Bonchev–Trinajstić information content (AvgIpc) is 2.24. The Labute approximate surface area is 95.8 Å². The van der Waals surface area contributed by atoms with E-state index >= 15 is 0 Å². The number of benzene rings is 1. The molecule has 3 nitrogen and oxygen atoms in total. The molecule has 0 saturated heterocycles. The van der Waals surface area contributed by atoms with E-state index in [0.717, 1.165) is 12.1 Å². The number of alkyl halides is 3. The van der Waals surface area contributed by atoms with Gasteiger partial charge in [-0.2, -0.15) is 13.2 Å². The number of hydrogen-bond donors (Lipinski definition) is 0. The molecular weight excluding hydrogens is 235 g/mol. The number of ether oxygens (including phenoxy) is 1. The molecule has 0 bridgehead atoms. The summed E-state index contributed by atoms with van der Waals surface area (Å²) in [5, 5.41) is 0. The highest BCUT2D eigenvalue weighted by Crippen LogP contribution is 2.38. The fraction of sp³-hybridized carbons (Fsp3) is 0.364. The van der Waals surface area contributed by atoms with Crippen LogP contribution in [0.15, 0.2) is 18.2 Å². The first-order valence-electron chi connectivity index (χ1n) is 4.96. The topological polar surface area (TPSA) is 29.5 Å². The minimum absolute atomic E-state index is 0.0782. The highest BCUT2D eigenvalue weighted by Gasteiger charge is 2.34. The highest BCUT2D eigenvalue weighted by molar-refractivity contribution is 5.99. The number of nitrogens with zero attached hydrogens (tertiary/aromatic N) is 1. The van der Waals surface area contributed by atoms with Gasteiger partial charge >= 0.3 is 6.18 Å². The second-order valence-electron chi connectivity index (χ2n) is 3.84. The second kappa shape index (κ2) is 3.65.